The summed E-state index contributed by atoms with van der Waals surface area (Å²) >= 11 is 0. The predicted molar refractivity (Wildman–Crippen MR) is 110 cm³/mol. The number of aromatic nitrogens is 2. The van der Waals surface area contributed by atoms with Gasteiger partial charge in [-0.25, -0.2) is 4.98 Å². The van der Waals surface area contributed by atoms with Crippen molar-refractivity contribution in [3.05, 3.63) is 84.4 Å². The van der Waals surface area contributed by atoms with Crippen molar-refractivity contribution in [1.29, 1.82) is 0 Å². The zero-order valence-electron chi connectivity index (χ0n) is 15.1. The average Bonchev–Trinajstić information content (AvgIpc) is 3.13. The van der Waals surface area contributed by atoms with Gasteiger partial charge in [0.1, 0.15) is 5.82 Å². The number of rotatable bonds is 5. The van der Waals surface area contributed by atoms with Gasteiger partial charge in [-0.15, -0.1) is 0 Å². The molecule has 0 saturated heterocycles. The van der Waals surface area contributed by atoms with Gasteiger partial charge in [0.15, 0.2) is 0 Å². The third-order valence-electron chi connectivity index (χ3n) is 4.69. The molecule has 0 saturated carbocycles. The highest BCUT2D eigenvalue weighted by atomic mass is 16.1. The van der Waals surface area contributed by atoms with Crippen molar-refractivity contribution in [2.75, 3.05) is 5.32 Å². The first-order valence-corrected chi connectivity index (χ1v) is 9.09. The Kier molecular flexibility index (Phi) is 4.71. The van der Waals surface area contributed by atoms with Crippen LogP contribution in [0.1, 0.15) is 24.8 Å². The monoisotopic (exact) mass is 355 g/mol. The Morgan fingerprint density at radius 1 is 0.963 bits per heavy atom. The second-order valence-electron chi connectivity index (χ2n) is 6.74. The number of carbonyl (C=O) groups is 1. The number of H-pyrrole nitrogens is 1. The van der Waals surface area contributed by atoms with Crippen LogP contribution in [-0.4, -0.2) is 15.9 Å². The normalized spacial score (nSPS) is 12.0. The first-order chi connectivity index (χ1) is 13.2. The lowest BCUT2D eigenvalue weighted by atomic mass is 9.97. The maximum Gasteiger partial charge on any atom is 0.224 e. The van der Waals surface area contributed by atoms with Gasteiger partial charge in [-0.3, -0.25) is 4.79 Å². The Labute approximate surface area is 158 Å². The van der Waals surface area contributed by atoms with Crippen LogP contribution in [0.3, 0.4) is 0 Å². The summed E-state index contributed by atoms with van der Waals surface area (Å²) in [6.07, 6.45) is 0.454. The number of carbonyl (C=O) groups excluding carboxylic acids is 1. The summed E-state index contributed by atoms with van der Waals surface area (Å²) in [7, 11) is 0. The molecule has 27 heavy (non-hydrogen) atoms. The van der Waals surface area contributed by atoms with Crippen LogP contribution in [-0.2, 0) is 4.79 Å². The zero-order valence-corrected chi connectivity index (χ0v) is 15.1. The summed E-state index contributed by atoms with van der Waals surface area (Å²) < 4.78 is 0. The van der Waals surface area contributed by atoms with E-state index in [2.05, 4.69) is 34.3 Å². The number of amides is 1. The van der Waals surface area contributed by atoms with Crippen LogP contribution in [0.4, 0.5) is 5.69 Å². The minimum absolute atomic E-state index is 0.0165. The number of hydrogen-bond donors (Lipinski definition) is 2. The van der Waals surface area contributed by atoms with Crippen molar-refractivity contribution < 1.29 is 4.79 Å². The van der Waals surface area contributed by atoms with Gasteiger partial charge in [-0.05, 0) is 47.9 Å². The lowest BCUT2D eigenvalue weighted by molar-refractivity contribution is -0.116. The van der Waals surface area contributed by atoms with Crippen molar-refractivity contribution in [1.82, 2.24) is 9.97 Å². The molecule has 4 nitrogen and oxygen atoms in total. The van der Waals surface area contributed by atoms with E-state index in [-0.39, 0.29) is 11.8 Å². The number of anilines is 1. The maximum atomic E-state index is 12.3. The fourth-order valence-electron chi connectivity index (χ4n) is 3.19. The number of para-hydroxylation sites is 2. The van der Waals surface area contributed by atoms with Gasteiger partial charge < -0.3 is 10.3 Å². The second kappa shape index (κ2) is 7.46. The summed E-state index contributed by atoms with van der Waals surface area (Å²) in [5, 5.41) is 2.98. The first kappa shape index (κ1) is 17.0. The molecule has 0 bridgehead atoms. The van der Waals surface area contributed by atoms with Crippen LogP contribution in [0.2, 0.25) is 0 Å². The number of aromatic amines is 1. The summed E-state index contributed by atoms with van der Waals surface area (Å²) in [6, 6.07) is 25.8. The Morgan fingerprint density at radius 3 is 2.41 bits per heavy atom. The number of fused-ring (bicyclic) bond motifs is 1. The zero-order chi connectivity index (χ0) is 18.6. The number of nitrogens with zero attached hydrogens (tertiary/aromatic N) is 1. The lowest BCUT2D eigenvalue weighted by Gasteiger charge is -2.12. The molecule has 0 aliphatic heterocycles. The molecule has 0 aliphatic rings. The van der Waals surface area contributed by atoms with E-state index in [0.717, 1.165) is 28.1 Å². The van der Waals surface area contributed by atoms with Crippen LogP contribution in [0, 0.1) is 0 Å². The van der Waals surface area contributed by atoms with Crippen LogP contribution in [0.25, 0.3) is 22.4 Å². The van der Waals surface area contributed by atoms with Gasteiger partial charge >= 0.3 is 0 Å². The minimum Gasteiger partial charge on any atom is -0.338 e. The Hall–Kier alpha value is -3.40. The summed E-state index contributed by atoms with van der Waals surface area (Å²) in [4.78, 5) is 20.3. The van der Waals surface area contributed by atoms with Gasteiger partial charge in [0.2, 0.25) is 5.91 Å². The van der Waals surface area contributed by atoms with Crippen LogP contribution in [0.5, 0.6) is 0 Å². The quantitative estimate of drug-likeness (QED) is 0.506. The molecular formula is C23H21N3O. The van der Waals surface area contributed by atoms with Gasteiger partial charge in [-0.2, -0.15) is 0 Å². The molecule has 1 heterocycles. The van der Waals surface area contributed by atoms with Crippen molar-refractivity contribution in [2.24, 2.45) is 0 Å². The lowest BCUT2D eigenvalue weighted by Crippen LogP contribution is -2.14. The number of imidazole rings is 1. The summed E-state index contributed by atoms with van der Waals surface area (Å²) in [5.41, 5.74) is 4.91. The molecule has 0 spiro atoms. The fraction of sp³-hybridized carbons (Fsp3) is 0.130. The van der Waals surface area contributed by atoms with E-state index in [1.807, 2.05) is 66.7 Å². The Morgan fingerprint density at radius 2 is 1.67 bits per heavy atom. The second-order valence-corrected chi connectivity index (χ2v) is 6.74. The summed E-state index contributed by atoms with van der Waals surface area (Å²) in [5.74, 6) is 1.02. The minimum atomic E-state index is 0.0165. The number of nitrogens with one attached hydrogen (secondary N) is 2. The third kappa shape index (κ3) is 3.90. The number of hydrogen-bond acceptors (Lipinski definition) is 2. The van der Waals surface area contributed by atoms with E-state index in [9.17, 15) is 4.79 Å². The van der Waals surface area contributed by atoms with E-state index in [4.69, 9.17) is 0 Å². The van der Waals surface area contributed by atoms with Gasteiger partial charge in [-0.1, -0.05) is 49.4 Å². The molecule has 0 fully saturated rings. The third-order valence-corrected chi connectivity index (χ3v) is 4.69. The Bertz CT molecular complexity index is 1020. The molecular weight excluding hydrogens is 334 g/mol. The highest BCUT2D eigenvalue weighted by Crippen LogP contribution is 2.23. The standard InChI is InChI=1S/C23H21N3O/c1-16(17-7-3-2-4-8-17)15-22(27)24-19-13-11-18(12-14-19)23-25-20-9-5-6-10-21(20)26-23/h2-14,16H,15H2,1H3,(H,24,27)(H,25,26). The van der Waals surface area contributed by atoms with E-state index in [1.165, 1.54) is 5.56 Å². The van der Waals surface area contributed by atoms with Crippen LogP contribution >= 0.6 is 0 Å². The topological polar surface area (TPSA) is 57.8 Å². The number of benzene rings is 3. The highest BCUT2D eigenvalue weighted by molar-refractivity contribution is 5.91. The Balaban J connectivity index is 1.42. The molecule has 4 heteroatoms. The van der Waals surface area contributed by atoms with Crippen molar-refractivity contribution in [2.45, 2.75) is 19.3 Å². The van der Waals surface area contributed by atoms with Gasteiger partial charge in [0, 0.05) is 17.7 Å². The molecule has 4 rings (SSSR count). The van der Waals surface area contributed by atoms with E-state index >= 15 is 0 Å². The van der Waals surface area contributed by atoms with Gasteiger partial charge in [0.05, 0.1) is 11.0 Å². The van der Waals surface area contributed by atoms with Crippen LogP contribution in [0.15, 0.2) is 78.9 Å². The maximum absolute atomic E-state index is 12.3. The first-order valence-electron chi connectivity index (χ1n) is 9.09. The van der Waals surface area contributed by atoms with Crippen molar-refractivity contribution >= 4 is 22.6 Å². The molecule has 1 atom stereocenters. The largest absolute Gasteiger partial charge is 0.338 e. The molecule has 3 aromatic carbocycles. The highest BCUT2D eigenvalue weighted by Gasteiger charge is 2.11. The smallest absolute Gasteiger partial charge is 0.224 e. The molecule has 1 unspecified atom stereocenters. The molecule has 2 N–H and O–H groups in total. The van der Waals surface area contributed by atoms with E-state index in [0.29, 0.717) is 6.42 Å². The SMILES string of the molecule is CC(CC(=O)Nc1ccc(-c2nc3ccccc3[nH]2)cc1)c1ccccc1. The van der Waals surface area contributed by atoms with Crippen LogP contribution < -0.4 is 5.32 Å². The van der Waals surface area contributed by atoms with Gasteiger partial charge in [0.25, 0.3) is 0 Å². The fourth-order valence-corrected chi connectivity index (χ4v) is 3.19. The molecule has 134 valence electrons. The van der Waals surface area contributed by atoms with E-state index < -0.39 is 0 Å². The van der Waals surface area contributed by atoms with Crippen molar-refractivity contribution in [3.8, 4) is 11.4 Å². The van der Waals surface area contributed by atoms with E-state index in [1.54, 1.807) is 0 Å². The van der Waals surface area contributed by atoms with Crippen molar-refractivity contribution in [3.63, 3.8) is 0 Å². The molecule has 0 radical (unpaired) electrons. The predicted octanol–water partition coefficient (Wildman–Crippen LogP) is 5.36. The molecule has 1 amide bonds. The average molecular weight is 355 g/mol. The molecule has 0 aliphatic carbocycles. The molecule has 4 aromatic rings. The summed E-state index contributed by atoms with van der Waals surface area (Å²) in [6.45, 7) is 2.07. The molecule has 1 aromatic heterocycles.